The fourth-order valence-electron chi connectivity index (χ4n) is 3.42. The van der Waals surface area contributed by atoms with Crippen molar-refractivity contribution in [3.8, 4) is 0 Å². The molecule has 1 N–H and O–H groups in total. The van der Waals surface area contributed by atoms with Crippen molar-refractivity contribution < 1.29 is 4.79 Å². The van der Waals surface area contributed by atoms with Gasteiger partial charge in [-0.05, 0) is 56.2 Å². The number of aromatic nitrogens is 2. The van der Waals surface area contributed by atoms with Crippen molar-refractivity contribution in [2.24, 2.45) is 7.05 Å². The molecule has 0 bridgehead atoms. The van der Waals surface area contributed by atoms with Gasteiger partial charge >= 0.3 is 6.03 Å². The summed E-state index contributed by atoms with van der Waals surface area (Å²) in [6.07, 6.45) is 4.07. The number of hydrogen-bond acceptors (Lipinski definition) is 4. The number of nitrogens with one attached hydrogen (secondary N) is 1. The van der Waals surface area contributed by atoms with Crippen LogP contribution in [0.25, 0.3) is 0 Å². The Morgan fingerprint density at radius 2 is 2.11 bits per heavy atom. The summed E-state index contributed by atoms with van der Waals surface area (Å²) in [7, 11) is 2.03. The quantitative estimate of drug-likeness (QED) is 0.648. The number of benzene rings is 1. The summed E-state index contributed by atoms with van der Waals surface area (Å²) in [6, 6.07) is 12.2. The lowest BCUT2D eigenvalue weighted by Gasteiger charge is -2.25. The number of hydrogen-bond donors (Lipinski definition) is 1. The number of likely N-dealkylation sites (tertiary alicyclic amines) is 1. The molecular formula is C20H22N4OS2. The van der Waals surface area contributed by atoms with Crippen molar-refractivity contribution in [2.75, 3.05) is 11.9 Å². The molecule has 140 valence electrons. The molecule has 3 heterocycles. The van der Waals surface area contributed by atoms with Crippen molar-refractivity contribution in [1.29, 1.82) is 0 Å². The summed E-state index contributed by atoms with van der Waals surface area (Å²) < 4.78 is 3.13. The SMILES string of the molecule is Cc1csc(Sc2ccc(NC(=O)N3CCC[C@H]3c3cccn3C)cc2)n1. The highest BCUT2D eigenvalue weighted by molar-refractivity contribution is 8.01. The third-order valence-electron chi connectivity index (χ3n) is 4.75. The lowest BCUT2D eigenvalue weighted by Crippen LogP contribution is -2.35. The average molecular weight is 399 g/mol. The summed E-state index contributed by atoms with van der Waals surface area (Å²) in [6.45, 7) is 2.79. The lowest BCUT2D eigenvalue weighted by atomic mass is 10.1. The molecule has 0 unspecified atom stereocenters. The molecule has 2 amide bonds. The number of nitrogens with zero attached hydrogens (tertiary/aromatic N) is 3. The van der Waals surface area contributed by atoms with Crippen molar-refractivity contribution in [3.63, 3.8) is 0 Å². The van der Waals surface area contributed by atoms with Gasteiger partial charge in [-0.2, -0.15) is 0 Å². The van der Waals surface area contributed by atoms with E-state index in [4.69, 9.17) is 0 Å². The van der Waals surface area contributed by atoms with Crippen LogP contribution in [0.3, 0.4) is 0 Å². The summed E-state index contributed by atoms with van der Waals surface area (Å²) in [5.74, 6) is 0. The Kier molecular flexibility index (Phi) is 5.22. The lowest BCUT2D eigenvalue weighted by molar-refractivity contribution is 0.205. The van der Waals surface area contributed by atoms with Crippen molar-refractivity contribution in [3.05, 3.63) is 59.4 Å². The third-order valence-corrected chi connectivity index (χ3v) is 6.81. The smallest absolute Gasteiger partial charge is 0.322 e. The molecule has 1 aromatic carbocycles. The Morgan fingerprint density at radius 1 is 1.30 bits per heavy atom. The van der Waals surface area contributed by atoms with Crippen LogP contribution in [-0.4, -0.2) is 27.0 Å². The highest BCUT2D eigenvalue weighted by Gasteiger charge is 2.31. The van der Waals surface area contributed by atoms with E-state index in [1.165, 1.54) is 5.69 Å². The molecule has 1 aliphatic heterocycles. The minimum Gasteiger partial charge on any atom is -0.353 e. The third kappa shape index (κ3) is 4.04. The van der Waals surface area contributed by atoms with Gasteiger partial charge in [0.05, 0.1) is 6.04 Å². The molecule has 3 aromatic rings. The number of amides is 2. The topological polar surface area (TPSA) is 50.2 Å². The van der Waals surface area contributed by atoms with Crippen LogP contribution in [0, 0.1) is 6.92 Å². The zero-order valence-electron chi connectivity index (χ0n) is 15.4. The monoisotopic (exact) mass is 398 g/mol. The van der Waals surface area contributed by atoms with Gasteiger partial charge in [0.15, 0.2) is 4.34 Å². The molecule has 27 heavy (non-hydrogen) atoms. The van der Waals surface area contributed by atoms with Crippen LogP contribution in [0.4, 0.5) is 10.5 Å². The first-order chi connectivity index (χ1) is 13.1. The summed E-state index contributed by atoms with van der Waals surface area (Å²) >= 11 is 3.29. The minimum absolute atomic E-state index is 0.0327. The van der Waals surface area contributed by atoms with E-state index in [0.717, 1.165) is 40.0 Å². The first kappa shape index (κ1) is 18.1. The van der Waals surface area contributed by atoms with Crippen molar-refractivity contribution >= 4 is 34.8 Å². The Balaban J connectivity index is 1.41. The number of aryl methyl sites for hydroxylation is 2. The zero-order chi connectivity index (χ0) is 18.8. The van der Waals surface area contributed by atoms with Crippen molar-refractivity contribution in [1.82, 2.24) is 14.5 Å². The Bertz CT molecular complexity index is 932. The van der Waals surface area contributed by atoms with Crippen LogP contribution in [-0.2, 0) is 7.05 Å². The van der Waals surface area contributed by atoms with Crippen molar-refractivity contribution in [2.45, 2.75) is 35.0 Å². The van der Waals surface area contributed by atoms with Gasteiger partial charge in [-0.25, -0.2) is 9.78 Å². The van der Waals surface area contributed by atoms with E-state index >= 15 is 0 Å². The molecule has 7 heteroatoms. The number of rotatable bonds is 4. The molecule has 1 aliphatic rings. The molecule has 4 rings (SSSR count). The Hall–Kier alpha value is -2.25. The van der Waals surface area contributed by atoms with E-state index in [2.05, 4.69) is 26.3 Å². The summed E-state index contributed by atoms with van der Waals surface area (Å²) in [4.78, 5) is 20.3. The minimum atomic E-state index is -0.0327. The summed E-state index contributed by atoms with van der Waals surface area (Å²) in [5, 5.41) is 5.10. The Morgan fingerprint density at radius 3 is 2.78 bits per heavy atom. The predicted octanol–water partition coefficient (Wildman–Crippen LogP) is 5.31. The van der Waals surface area contributed by atoms with Gasteiger partial charge in [-0.1, -0.05) is 11.8 Å². The fraction of sp³-hybridized carbons (Fsp3) is 0.300. The molecule has 0 spiro atoms. The maximum Gasteiger partial charge on any atom is 0.322 e. The molecule has 0 saturated carbocycles. The Labute approximate surface area is 167 Å². The van der Waals surface area contributed by atoms with Gasteiger partial charge in [-0.3, -0.25) is 0 Å². The molecule has 5 nitrogen and oxygen atoms in total. The maximum atomic E-state index is 12.8. The van der Waals surface area contributed by atoms with Crippen LogP contribution in [0.1, 0.15) is 30.3 Å². The van der Waals surface area contributed by atoms with E-state index in [9.17, 15) is 4.79 Å². The van der Waals surface area contributed by atoms with Gasteiger partial charge < -0.3 is 14.8 Å². The molecule has 0 aliphatic carbocycles. The predicted molar refractivity (Wildman–Crippen MR) is 111 cm³/mol. The van der Waals surface area contributed by atoms with Gasteiger partial charge in [0.25, 0.3) is 0 Å². The second-order valence-corrected chi connectivity index (χ2v) is 8.89. The molecule has 2 aromatic heterocycles. The molecular weight excluding hydrogens is 376 g/mol. The normalized spacial score (nSPS) is 16.7. The number of anilines is 1. The first-order valence-electron chi connectivity index (χ1n) is 8.99. The van der Waals surface area contributed by atoms with E-state index in [0.29, 0.717) is 0 Å². The van der Waals surface area contributed by atoms with Gasteiger partial charge in [-0.15, -0.1) is 11.3 Å². The number of thiazole rings is 1. The van der Waals surface area contributed by atoms with E-state index in [1.807, 2.05) is 55.4 Å². The van der Waals surface area contributed by atoms with Gasteiger partial charge in [0, 0.05) is 47.1 Å². The molecule has 1 atom stereocenters. The van der Waals surface area contributed by atoms with Gasteiger partial charge in [0.2, 0.25) is 0 Å². The molecule has 1 saturated heterocycles. The van der Waals surface area contributed by atoms with Crippen LogP contribution in [0.15, 0.2) is 57.2 Å². The van der Waals surface area contributed by atoms with E-state index < -0.39 is 0 Å². The largest absolute Gasteiger partial charge is 0.353 e. The zero-order valence-corrected chi connectivity index (χ0v) is 17.0. The molecule has 0 radical (unpaired) electrons. The summed E-state index contributed by atoms with van der Waals surface area (Å²) in [5.41, 5.74) is 3.05. The highest BCUT2D eigenvalue weighted by Crippen LogP contribution is 2.33. The van der Waals surface area contributed by atoms with Crippen LogP contribution >= 0.6 is 23.1 Å². The number of carbonyl (C=O) groups is 1. The average Bonchev–Trinajstić information content (AvgIpc) is 3.37. The van der Waals surface area contributed by atoms with E-state index in [1.54, 1.807) is 23.1 Å². The van der Waals surface area contributed by atoms with Crippen LogP contribution in [0.2, 0.25) is 0 Å². The van der Waals surface area contributed by atoms with E-state index in [-0.39, 0.29) is 12.1 Å². The number of carbonyl (C=O) groups excluding carboxylic acids is 1. The second kappa shape index (κ2) is 7.78. The maximum absolute atomic E-state index is 12.8. The number of urea groups is 1. The van der Waals surface area contributed by atoms with Gasteiger partial charge in [0.1, 0.15) is 0 Å². The van der Waals surface area contributed by atoms with Crippen LogP contribution in [0.5, 0.6) is 0 Å². The molecule has 1 fully saturated rings. The van der Waals surface area contributed by atoms with Crippen LogP contribution < -0.4 is 5.32 Å². The first-order valence-corrected chi connectivity index (χ1v) is 10.7. The highest BCUT2D eigenvalue weighted by atomic mass is 32.2. The fourth-order valence-corrected chi connectivity index (χ4v) is 5.23. The second-order valence-electron chi connectivity index (χ2n) is 6.71. The standard InChI is InChI=1S/C20H22N4OS2/c1-14-13-26-20(21-14)27-16-9-7-15(8-10-16)22-19(25)24-12-4-6-18(24)17-5-3-11-23(17)2/h3,5,7-11,13,18H,4,6,12H2,1-2H3,(H,22,25)/t18-/m0/s1.